The number of aryl methyl sites for hydroxylation is 1. The quantitative estimate of drug-likeness (QED) is 0.795. The van der Waals surface area contributed by atoms with Crippen molar-refractivity contribution in [2.24, 2.45) is 0 Å². The molecule has 0 saturated heterocycles. The van der Waals surface area contributed by atoms with E-state index in [1.54, 1.807) is 0 Å². The molecule has 2 rings (SSSR count). The number of nitrogens with one attached hydrogen (secondary N) is 1. The molecule has 0 aliphatic rings. The Hall–Kier alpha value is -1.51. The van der Waals surface area contributed by atoms with E-state index in [4.69, 9.17) is 16.3 Å². The molecule has 0 heterocycles. The molecular formula is C16H18ClNO. The summed E-state index contributed by atoms with van der Waals surface area (Å²) in [5.41, 5.74) is 3.49. The molecule has 0 aliphatic heterocycles. The van der Waals surface area contributed by atoms with Gasteiger partial charge in [0.25, 0.3) is 0 Å². The van der Waals surface area contributed by atoms with Crippen LogP contribution in [-0.2, 0) is 11.3 Å². The van der Waals surface area contributed by atoms with Crippen molar-refractivity contribution >= 4 is 17.3 Å². The van der Waals surface area contributed by atoms with Crippen LogP contribution in [0.2, 0.25) is 5.02 Å². The SMILES string of the molecule is Cc1ccc(NCCOCc2cccc(Cl)c2)cc1. The summed E-state index contributed by atoms with van der Waals surface area (Å²) >= 11 is 5.91. The van der Waals surface area contributed by atoms with Crippen LogP contribution in [0.15, 0.2) is 48.5 Å². The molecule has 0 bridgehead atoms. The molecule has 3 heteroatoms. The fraction of sp³-hybridized carbons (Fsp3) is 0.250. The summed E-state index contributed by atoms with van der Waals surface area (Å²) in [6, 6.07) is 16.1. The molecule has 0 unspecified atom stereocenters. The third-order valence-electron chi connectivity index (χ3n) is 2.78. The minimum Gasteiger partial charge on any atom is -0.383 e. The van der Waals surface area contributed by atoms with Crippen LogP contribution in [0.5, 0.6) is 0 Å². The van der Waals surface area contributed by atoms with E-state index < -0.39 is 0 Å². The summed E-state index contributed by atoms with van der Waals surface area (Å²) < 4.78 is 5.60. The van der Waals surface area contributed by atoms with Gasteiger partial charge in [0.05, 0.1) is 13.2 Å². The lowest BCUT2D eigenvalue weighted by Gasteiger charge is -2.08. The molecule has 0 spiro atoms. The molecule has 19 heavy (non-hydrogen) atoms. The fourth-order valence-corrected chi connectivity index (χ4v) is 1.97. The van der Waals surface area contributed by atoms with E-state index >= 15 is 0 Å². The van der Waals surface area contributed by atoms with Crippen LogP contribution in [0.25, 0.3) is 0 Å². The van der Waals surface area contributed by atoms with Crippen molar-refractivity contribution in [1.82, 2.24) is 0 Å². The first kappa shape index (κ1) is 13.9. The number of anilines is 1. The first-order chi connectivity index (χ1) is 9.24. The molecule has 0 aliphatic carbocycles. The summed E-state index contributed by atoms with van der Waals surface area (Å²) in [4.78, 5) is 0. The Labute approximate surface area is 119 Å². The maximum atomic E-state index is 5.91. The summed E-state index contributed by atoms with van der Waals surface area (Å²) in [5, 5.41) is 4.07. The van der Waals surface area contributed by atoms with E-state index in [1.165, 1.54) is 5.56 Å². The number of hydrogen-bond donors (Lipinski definition) is 1. The highest BCUT2D eigenvalue weighted by atomic mass is 35.5. The van der Waals surface area contributed by atoms with Crippen molar-refractivity contribution in [2.75, 3.05) is 18.5 Å². The van der Waals surface area contributed by atoms with E-state index in [9.17, 15) is 0 Å². The Morgan fingerprint density at radius 3 is 2.63 bits per heavy atom. The summed E-state index contributed by atoms with van der Waals surface area (Å²) in [6.07, 6.45) is 0. The van der Waals surface area contributed by atoms with E-state index in [0.29, 0.717) is 13.2 Å². The van der Waals surface area contributed by atoms with Crippen LogP contribution < -0.4 is 5.32 Å². The van der Waals surface area contributed by atoms with Gasteiger partial charge in [0, 0.05) is 17.3 Å². The largest absolute Gasteiger partial charge is 0.383 e. The molecule has 2 aromatic carbocycles. The molecule has 0 amide bonds. The Balaban J connectivity index is 1.66. The highest BCUT2D eigenvalue weighted by molar-refractivity contribution is 6.30. The first-order valence-corrected chi connectivity index (χ1v) is 6.74. The van der Waals surface area contributed by atoms with Crippen LogP contribution in [-0.4, -0.2) is 13.2 Å². The average molecular weight is 276 g/mol. The Morgan fingerprint density at radius 2 is 1.89 bits per heavy atom. The molecule has 0 saturated carbocycles. The highest BCUT2D eigenvalue weighted by Gasteiger charge is 1.95. The molecule has 1 N–H and O–H groups in total. The smallest absolute Gasteiger partial charge is 0.0718 e. The average Bonchev–Trinajstić information content (AvgIpc) is 2.41. The highest BCUT2D eigenvalue weighted by Crippen LogP contribution is 2.11. The van der Waals surface area contributed by atoms with Crippen molar-refractivity contribution in [3.05, 3.63) is 64.7 Å². The minimum atomic E-state index is 0.593. The van der Waals surface area contributed by atoms with Crippen molar-refractivity contribution in [1.29, 1.82) is 0 Å². The van der Waals surface area contributed by atoms with Gasteiger partial charge in [0.1, 0.15) is 0 Å². The lowest BCUT2D eigenvalue weighted by molar-refractivity contribution is 0.130. The van der Waals surface area contributed by atoms with Crippen LogP contribution in [0.3, 0.4) is 0 Å². The molecule has 0 fully saturated rings. The third-order valence-corrected chi connectivity index (χ3v) is 3.02. The molecule has 100 valence electrons. The predicted octanol–water partition coefficient (Wildman–Crippen LogP) is 4.28. The van der Waals surface area contributed by atoms with E-state index in [-0.39, 0.29) is 0 Å². The van der Waals surface area contributed by atoms with Gasteiger partial charge in [-0.25, -0.2) is 0 Å². The number of benzene rings is 2. The van der Waals surface area contributed by atoms with Gasteiger partial charge in [-0.05, 0) is 36.8 Å². The molecule has 0 radical (unpaired) electrons. The fourth-order valence-electron chi connectivity index (χ4n) is 1.76. The Morgan fingerprint density at radius 1 is 1.11 bits per heavy atom. The maximum Gasteiger partial charge on any atom is 0.0718 e. The minimum absolute atomic E-state index is 0.593. The lowest BCUT2D eigenvalue weighted by Crippen LogP contribution is -2.09. The zero-order chi connectivity index (χ0) is 13.5. The van der Waals surface area contributed by atoms with E-state index in [1.807, 2.05) is 24.3 Å². The maximum absolute atomic E-state index is 5.91. The zero-order valence-electron chi connectivity index (χ0n) is 11.0. The van der Waals surface area contributed by atoms with Gasteiger partial charge in [0.2, 0.25) is 0 Å². The monoisotopic (exact) mass is 275 g/mol. The summed E-state index contributed by atoms with van der Waals surface area (Å²) in [5.74, 6) is 0. The normalized spacial score (nSPS) is 10.4. The molecule has 2 aromatic rings. The van der Waals surface area contributed by atoms with Gasteiger partial charge >= 0.3 is 0 Å². The second-order valence-electron chi connectivity index (χ2n) is 4.48. The van der Waals surface area contributed by atoms with Crippen LogP contribution >= 0.6 is 11.6 Å². The number of halogens is 1. The lowest BCUT2D eigenvalue weighted by atomic mass is 10.2. The zero-order valence-corrected chi connectivity index (χ0v) is 11.8. The summed E-state index contributed by atoms with van der Waals surface area (Å²) in [7, 11) is 0. The van der Waals surface area contributed by atoms with Crippen molar-refractivity contribution in [3.63, 3.8) is 0 Å². The second kappa shape index (κ2) is 7.17. The summed E-state index contributed by atoms with van der Waals surface area (Å²) in [6.45, 7) is 4.14. The van der Waals surface area contributed by atoms with Gasteiger partial charge in [-0.3, -0.25) is 0 Å². The van der Waals surface area contributed by atoms with Crippen molar-refractivity contribution < 1.29 is 4.74 Å². The van der Waals surface area contributed by atoms with Gasteiger partial charge in [0.15, 0.2) is 0 Å². The molecule has 0 aromatic heterocycles. The number of rotatable bonds is 6. The van der Waals surface area contributed by atoms with Gasteiger partial charge < -0.3 is 10.1 Å². The van der Waals surface area contributed by atoms with Gasteiger partial charge in [-0.1, -0.05) is 41.4 Å². The molecule has 0 atom stereocenters. The Kier molecular flexibility index (Phi) is 5.25. The van der Waals surface area contributed by atoms with Gasteiger partial charge in [-0.15, -0.1) is 0 Å². The number of ether oxygens (including phenoxy) is 1. The molecule has 2 nitrogen and oxygen atoms in total. The number of hydrogen-bond acceptors (Lipinski definition) is 2. The van der Waals surface area contributed by atoms with E-state index in [2.05, 4.69) is 36.5 Å². The first-order valence-electron chi connectivity index (χ1n) is 6.37. The third kappa shape index (κ3) is 4.93. The van der Waals surface area contributed by atoms with Crippen molar-refractivity contribution in [3.8, 4) is 0 Å². The van der Waals surface area contributed by atoms with Crippen LogP contribution in [0.1, 0.15) is 11.1 Å². The van der Waals surface area contributed by atoms with Crippen LogP contribution in [0.4, 0.5) is 5.69 Å². The molecular weight excluding hydrogens is 258 g/mol. The predicted molar refractivity (Wildman–Crippen MR) is 80.8 cm³/mol. The van der Waals surface area contributed by atoms with E-state index in [0.717, 1.165) is 22.8 Å². The Bertz CT molecular complexity index is 510. The van der Waals surface area contributed by atoms with Crippen LogP contribution in [0, 0.1) is 6.92 Å². The standard InChI is InChI=1S/C16H18ClNO/c1-13-5-7-16(8-6-13)18-9-10-19-12-14-3-2-4-15(17)11-14/h2-8,11,18H,9-10,12H2,1H3. The van der Waals surface area contributed by atoms with Crippen molar-refractivity contribution in [2.45, 2.75) is 13.5 Å². The topological polar surface area (TPSA) is 21.3 Å². The second-order valence-corrected chi connectivity index (χ2v) is 4.91. The van der Waals surface area contributed by atoms with Gasteiger partial charge in [-0.2, -0.15) is 0 Å².